The van der Waals surface area contributed by atoms with Gasteiger partial charge in [0.2, 0.25) is 0 Å². The summed E-state index contributed by atoms with van der Waals surface area (Å²) in [6.45, 7) is 0. The highest BCUT2D eigenvalue weighted by Crippen LogP contribution is 2.46. The van der Waals surface area contributed by atoms with Crippen LogP contribution in [0.4, 0.5) is 0 Å². The van der Waals surface area contributed by atoms with Crippen molar-refractivity contribution in [3.8, 4) is 0 Å². The Kier molecular flexibility index (Phi) is 1.71. The summed E-state index contributed by atoms with van der Waals surface area (Å²) in [5.74, 6) is 0. The second kappa shape index (κ2) is 2.77. The molecule has 3 rings (SSSR count). The summed E-state index contributed by atoms with van der Waals surface area (Å²) < 4.78 is 2.05. The number of nitrogens with zero attached hydrogens (tertiary/aromatic N) is 1. The Balaban J connectivity index is 2.39. The fourth-order valence-corrected chi connectivity index (χ4v) is 2.55. The van der Waals surface area contributed by atoms with Crippen molar-refractivity contribution in [2.45, 2.75) is 18.4 Å². The van der Waals surface area contributed by atoms with Crippen molar-refractivity contribution in [3.05, 3.63) is 35.0 Å². The summed E-state index contributed by atoms with van der Waals surface area (Å²) in [7, 11) is 2.01. The molecule has 0 radical (unpaired) electrons. The molecule has 2 aromatic rings. The van der Waals surface area contributed by atoms with Crippen LogP contribution in [0.25, 0.3) is 10.9 Å². The van der Waals surface area contributed by atoms with Gasteiger partial charge in [-0.2, -0.15) is 0 Å². The van der Waals surface area contributed by atoms with Gasteiger partial charge in [0.25, 0.3) is 0 Å². The maximum absolute atomic E-state index is 6.24. The van der Waals surface area contributed by atoms with E-state index >= 15 is 0 Å². The highest BCUT2D eigenvalue weighted by molar-refractivity contribution is 6.36. The van der Waals surface area contributed by atoms with E-state index < -0.39 is 0 Å². The van der Waals surface area contributed by atoms with Crippen molar-refractivity contribution in [2.24, 2.45) is 12.8 Å². The van der Waals surface area contributed by atoms with Crippen molar-refractivity contribution >= 4 is 22.5 Å². The standard InChI is InChI=1S/C12H13ClN2/c1-15-7-9(13)11-8(12(14)5-6-12)3-2-4-10(11)15/h2-4,7H,5-6,14H2,1H3. The molecular formula is C12H13ClN2. The highest BCUT2D eigenvalue weighted by atomic mass is 35.5. The summed E-state index contributed by atoms with van der Waals surface area (Å²) in [6, 6.07) is 6.23. The number of aromatic nitrogens is 1. The topological polar surface area (TPSA) is 30.9 Å². The molecule has 0 saturated heterocycles. The van der Waals surface area contributed by atoms with Gasteiger partial charge in [-0.25, -0.2) is 0 Å². The Bertz CT molecular complexity index is 538. The van der Waals surface area contributed by atoms with Crippen LogP contribution in [0.5, 0.6) is 0 Å². The summed E-state index contributed by atoms with van der Waals surface area (Å²) in [5, 5.41) is 1.93. The number of aryl methyl sites for hydroxylation is 1. The first-order valence-corrected chi connectivity index (χ1v) is 5.52. The van der Waals surface area contributed by atoms with Crippen molar-refractivity contribution in [1.29, 1.82) is 0 Å². The van der Waals surface area contributed by atoms with E-state index in [1.54, 1.807) is 0 Å². The molecule has 15 heavy (non-hydrogen) atoms. The fourth-order valence-electron chi connectivity index (χ4n) is 2.21. The smallest absolute Gasteiger partial charge is 0.0664 e. The zero-order valence-corrected chi connectivity index (χ0v) is 9.38. The first-order valence-electron chi connectivity index (χ1n) is 5.15. The van der Waals surface area contributed by atoms with Crippen LogP contribution in [0.1, 0.15) is 18.4 Å². The van der Waals surface area contributed by atoms with E-state index in [0.717, 1.165) is 28.8 Å². The third-order valence-electron chi connectivity index (χ3n) is 3.29. The molecule has 3 heteroatoms. The Labute approximate surface area is 93.6 Å². The van der Waals surface area contributed by atoms with Gasteiger partial charge in [0.05, 0.1) is 5.02 Å². The number of nitrogens with two attached hydrogens (primary N) is 1. The average Bonchev–Trinajstić information content (AvgIpc) is 2.89. The van der Waals surface area contributed by atoms with Crippen LogP contribution in [0, 0.1) is 0 Å². The second-order valence-electron chi connectivity index (χ2n) is 4.44. The van der Waals surface area contributed by atoms with E-state index in [4.69, 9.17) is 17.3 Å². The predicted octanol–water partition coefficient (Wildman–Crippen LogP) is 2.78. The molecule has 2 nitrogen and oxygen atoms in total. The molecule has 2 N–H and O–H groups in total. The van der Waals surface area contributed by atoms with E-state index in [2.05, 4.69) is 18.2 Å². The molecule has 1 aliphatic carbocycles. The van der Waals surface area contributed by atoms with Crippen molar-refractivity contribution in [2.75, 3.05) is 0 Å². The molecule has 0 aliphatic heterocycles. The van der Waals surface area contributed by atoms with Crippen molar-refractivity contribution < 1.29 is 0 Å². The molecule has 0 unspecified atom stereocenters. The number of benzene rings is 1. The SMILES string of the molecule is Cn1cc(Cl)c2c(C3(N)CC3)cccc21. The van der Waals surface area contributed by atoms with Crippen molar-refractivity contribution in [3.63, 3.8) is 0 Å². The van der Waals surface area contributed by atoms with E-state index in [0.29, 0.717) is 0 Å². The first-order chi connectivity index (χ1) is 7.12. The number of fused-ring (bicyclic) bond motifs is 1. The van der Waals surface area contributed by atoms with Crippen molar-refractivity contribution in [1.82, 2.24) is 4.57 Å². The Morgan fingerprint density at radius 2 is 2.13 bits per heavy atom. The average molecular weight is 221 g/mol. The fraction of sp³-hybridized carbons (Fsp3) is 0.333. The molecule has 1 aromatic heterocycles. The van der Waals surface area contributed by atoms with Gasteiger partial charge in [0.15, 0.2) is 0 Å². The number of halogens is 1. The van der Waals surface area contributed by atoms with Gasteiger partial charge in [-0.05, 0) is 24.5 Å². The molecule has 78 valence electrons. The molecule has 0 bridgehead atoms. The first kappa shape index (κ1) is 9.25. The molecule has 0 spiro atoms. The Hall–Kier alpha value is -0.990. The minimum Gasteiger partial charge on any atom is -0.349 e. The van der Waals surface area contributed by atoms with Crippen LogP contribution in [-0.4, -0.2) is 4.57 Å². The van der Waals surface area contributed by atoms with Gasteiger partial charge in [0, 0.05) is 29.7 Å². The molecule has 0 amide bonds. The van der Waals surface area contributed by atoms with Gasteiger partial charge in [-0.3, -0.25) is 0 Å². The molecule has 1 heterocycles. The Morgan fingerprint density at radius 1 is 1.40 bits per heavy atom. The number of rotatable bonds is 1. The van der Waals surface area contributed by atoms with Crippen LogP contribution in [0.3, 0.4) is 0 Å². The lowest BCUT2D eigenvalue weighted by Crippen LogP contribution is -2.18. The third kappa shape index (κ3) is 1.22. The third-order valence-corrected chi connectivity index (χ3v) is 3.58. The minimum atomic E-state index is -0.121. The monoisotopic (exact) mass is 220 g/mol. The summed E-state index contributed by atoms with van der Waals surface area (Å²) >= 11 is 6.24. The zero-order chi connectivity index (χ0) is 10.6. The molecule has 1 saturated carbocycles. The van der Waals surface area contributed by atoms with Gasteiger partial charge >= 0.3 is 0 Å². The van der Waals surface area contributed by atoms with Gasteiger partial charge < -0.3 is 10.3 Å². The number of hydrogen-bond acceptors (Lipinski definition) is 1. The number of hydrogen-bond donors (Lipinski definition) is 1. The molecule has 0 atom stereocenters. The lowest BCUT2D eigenvalue weighted by molar-refractivity contribution is 0.748. The van der Waals surface area contributed by atoms with Gasteiger partial charge in [0.1, 0.15) is 0 Å². The normalized spacial score (nSPS) is 18.3. The van der Waals surface area contributed by atoms with Gasteiger partial charge in [-0.1, -0.05) is 23.7 Å². The summed E-state index contributed by atoms with van der Waals surface area (Å²) in [4.78, 5) is 0. The molecular weight excluding hydrogens is 208 g/mol. The largest absolute Gasteiger partial charge is 0.349 e. The molecule has 1 aliphatic rings. The maximum Gasteiger partial charge on any atom is 0.0664 e. The lowest BCUT2D eigenvalue weighted by atomic mass is 10.0. The minimum absolute atomic E-state index is 0.121. The van der Waals surface area contributed by atoms with Crippen LogP contribution in [0.15, 0.2) is 24.4 Å². The van der Waals surface area contributed by atoms with Gasteiger partial charge in [-0.15, -0.1) is 0 Å². The zero-order valence-electron chi connectivity index (χ0n) is 8.63. The lowest BCUT2D eigenvalue weighted by Gasteiger charge is -2.11. The van der Waals surface area contributed by atoms with E-state index in [-0.39, 0.29) is 5.54 Å². The van der Waals surface area contributed by atoms with Crippen LogP contribution >= 0.6 is 11.6 Å². The van der Waals surface area contributed by atoms with E-state index in [1.807, 2.05) is 17.8 Å². The second-order valence-corrected chi connectivity index (χ2v) is 4.85. The van der Waals surface area contributed by atoms with E-state index in [9.17, 15) is 0 Å². The van der Waals surface area contributed by atoms with Crippen LogP contribution in [0.2, 0.25) is 5.02 Å². The van der Waals surface area contributed by atoms with Crippen LogP contribution in [-0.2, 0) is 12.6 Å². The van der Waals surface area contributed by atoms with Crippen LogP contribution < -0.4 is 5.73 Å². The summed E-state index contributed by atoms with van der Waals surface area (Å²) in [6.07, 6.45) is 4.08. The van der Waals surface area contributed by atoms with E-state index in [1.165, 1.54) is 5.56 Å². The Morgan fingerprint density at radius 3 is 2.80 bits per heavy atom. The maximum atomic E-state index is 6.24. The molecule has 1 fully saturated rings. The molecule has 1 aromatic carbocycles. The highest BCUT2D eigenvalue weighted by Gasteiger charge is 2.41. The summed E-state index contributed by atoms with van der Waals surface area (Å²) in [5.41, 5.74) is 8.48. The quantitative estimate of drug-likeness (QED) is 0.787. The predicted molar refractivity (Wildman–Crippen MR) is 63.0 cm³/mol.